The van der Waals surface area contributed by atoms with Gasteiger partial charge in [0.05, 0.1) is 0 Å². The van der Waals surface area contributed by atoms with Gasteiger partial charge in [-0.2, -0.15) is 0 Å². The van der Waals surface area contributed by atoms with E-state index in [9.17, 15) is 0 Å². The van der Waals surface area contributed by atoms with Gasteiger partial charge in [0.1, 0.15) is 0 Å². The number of hydrazine groups is 1. The molecule has 0 saturated carbocycles. The Morgan fingerprint density at radius 1 is 1.05 bits per heavy atom. The molecule has 1 rings (SSSR count). The molecule has 8 heteroatoms. The molecule has 1 aliphatic heterocycles. The van der Waals surface area contributed by atoms with E-state index < -0.39 is 0 Å². The summed E-state index contributed by atoms with van der Waals surface area (Å²) in [5.74, 6) is 0. The maximum Gasteiger partial charge on any atom is 0.175 e. The van der Waals surface area contributed by atoms with Crippen LogP contribution < -0.4 is 0 Å². The molecule has 0 saturated heterocycles. The molecule has 0 fully saturated rings. The van der Waals surface area contributed by atoms with Crippen molar-refractivity contribution < 1.29 is 0 Å². The summed E-state index contributed by atoms with van der Waals surface area (Å²) < 4.78 is 0. The highest BCUT2D eigenvalue weighted by Crippen LogP contribution is 2.38. The SMILES string of the molecule is Br.CCN(CC)CCCN(C1N=C(N(C)C)SS1)N(C)C. The molecule has 1 heterocycles. The van der Waals surface area contributed by atoms with Crippen LogP contribution in [-0.4, -0.2) is 84.9 Å². The summed E-state index contributed by atoms with van der Waals surface area (Å²) in [7, 11) is 11.9. The summed E-state index contributed by atoms with van der Waals surface area (Å²) in [6.45, 7) is 8.93. The number of amidine groups is 1. The Labute approximate surface area is 148 Å². The van der Waals surface area contributed by atoms with Crippen LogP contribution in [-0.2, 0) is 0 Å². The number of nitrogens with zero attached hydrogens (tertiary/aromatic N) is 5. The van der Waals surface area contributed by atoms with Crippen LogP contribution in [0.4, 0.5) is 0 Å². The minimum Gasteiger partial charge on any atom is -0.357 e. The number of hydrogen-bond acceptors (Lipinski definition) is 7. The fourth-order valence-electron chi connectivity index (χ4n) is 2.03. The normalized spacial score (nSPS) is 18.3. The van der Waals surface area contributed by atoms with E-state index in [0.29, 0.717) is 0 Å². The lowest BCUT2D eigenvalue weighted by molar-refractivity contribution is 0.0130. The van der Waals surface area contributed by atoms with Gasteiger partial charge in [-0.3, -0.25) is 0 Å². The Bertz CT molecular complexity index is 311. The Morgan fingerprint density at radius 2 is 1.67 bits per heavy atom. The minimum absolute atomic E-state index is 0. The molecule has 126 valence electrons. The lowest BCUT2D eigenvalue weighted by atomic mass is 10.3. The highest BCUT2D eigenvalue weighted by molar-refractivity contribution is 8.93. The quantitative estimate of drug-likeness (QED) is 0.459. The molecule has 1 atom stereocenters. The van der Waals surface area contributed by atoms with Crippen molar-refractivity contribution in [2.45, 2.75) is 25.8 Å². The van der Waals surface area contributed by atoms with Gasteiger partial charge >= 0.3 is 0 Å². The van der Waals surface area contributed by atoms with Gasteiger partial charge in [0.15, 0.2) is 10.7 Å². The molecule has 21 heavy (non-hydrogen) atoms. The van der Waals surface area contributed by atoms with Crippen molar-refractivity contribution in [3.63, 3.8) is 0 Å². The number of rotatable bonds is 8. The van der Waals surface area contributed by atoms with Crippen LogP contribution in [0.5, 0.6) is 0 Å². The predicted molar refractivity (Wildman–Crippen MR) is 103 cm³/mol. The Hall–Kier alpha value is 0.530. The fourth-order valence-corrected chi connectivity index (χ4v) is 4.62. The largest absolute Gasteiger partial charge is 0.357 e. The van der Waals surface area contributed by atoms with Crippen molar-refractivity contribution in [3.05, 3.63) is 0 Å². The molecule has 5 nitrogen and oxygen atoms in total. The molecule has 0 aromatic rings. The van der Waals surface area contributed by atoms with Gasteiger partial charge in [0.2, 0.25) is 0 Å². The van der Waals surface area contributed by atoms with Gasteiger partial charge in [0, 0.05) is 34.7 Å². The lowest BCUT2D eigenvalue weighted by Crippen LogP contribution is -2.43. The third kappa shape index (κ3) is 7.09. The highest BCUT2D eigenvalue weighted by Gasteiger charge is 2.27. The second-order valence-corrected chi connectivity index (χ2v) is 7.43. The van der Waals surface area contributed by atoms with Crippen molar-refractivity contribution in [1.82, 2.24) is 19.8 Å². The van der Waals surface area contributed by atoms with Crippen molar-refractivity contribution in [2.24, 2.45) is 4.99 Å². The molecule has 0 amide bonds. The summed E-state index contributed by atoms with van der Waals surface area (Å²) in [4.78, 5) is 9.34. The molecule has 1 unspecified atom stereocenters. The van der Waals surface area contributed by atoms with Crippen LogP contribution in [0.1, 0.15) is 20.3 Å². The summed E-state index contributed by atoms with van der Waals surface area (Å²) in [5.41, 5.74) is 0.198. The van der Waals surface area contributed by atoms with E-state index in [4.69, 9.17) is 4.99 Å². The first-order valence-electron chi connectivity index (χ1n) is 7.24. The molecule has 0 aliphatic carbocycles. The highest BCUT2D eigenvalue weighted by atomic mass is 79.9. The minimum atomic E-state index is 0. The van der Waals surface area contributed by atoms with Crippen molar-refractivity contribution in [2.75, 3.05) is 54.4 Å². The maximum atomic E-state index is 4.79. The predicted octanol–water partition coefficient (Wildman–Crippen LogP) is 2.67. The van der Waals surface area contributed by atoms with E-state index in [-0.39, 0.29) is 22.5 Å². The monoisotopic (exact) mass is 399 g/mol. The maximum absolute atomic E-state index is 4.79. The van der Waals surface area contributed by atoms with Crippen LogP contribution in [0.15, 0.2) is 4.99 Å². The van der Waals surface area contributed by atoms with Crippen LogP contribution >= 0.6 is 38.6 Å². The van der Waals surface area contributed by atoms with Gasteiger partial charge < -0.3 is 9.80 Å². The zero-order valence-corrected chi connectivity index (χ0v) is 17.4. The van der Waals surface area contributed by atoms with E-state index in [1.165, 1.54) is 6.42 Å². The van der Waals surface area contributed by atoms with Crippen LogP contribution in [0.25, 0.3) is 0 Å². The van der Waals surface area contributed by atoms with Gasteiger partial charge in [-0.1, -0.05) is 13.8 Å². The zero-order chi connectivity index (χ0) is 15.1. The molecular formula is C13H30BrN5S2. The van der Waals surface area contributed by atoms with E-state index in [0.717, 1.165) is 31.3 Å². The van der Waals surface area contributed by atoms with Crippen LogP contribution in [0.3, 0.4) is 0 Å². The van der Waals surface area contributed by atoms with E-state index >= 15 is 0 Å². The smallest absolute Gasteiger partial charge is 0.175 e. The van der Waals surface area contributed by atoms with Gasteiger partial charge in [-0.15, -0.1) is 17.0 Å². The average molecular weight is 400 g/mol. The first-order chi connectivity index (χ1) is 9.49. The molecule has 0 N–H and O–H groups in total. The summed E-state index contributed by atoms with van der Waals surface area (Å²) >= 11 is 0. The third-order valence-corrected chi connectivity index (χ3v) is 5.83. The second-order valence-electron chi connectivity index (χ2n) is 5.20. The van der Waals surface area contributed by atoms with Gasteiger partial charge in [-0.05, 0) is 47.6 Å². The van der Waals surface area contributed by atoms with Crippen LogP contribution in [0.2, 0.25) is 0 Å². The Kier molecular flexibility index (Phi) is 11.4. The van der Waals surface area contributed by atoms with Crippen molar-refractivity contribution >= 4 is 43.7 Å². The topological polar surface area (TPSA) is 25.3 Å². The second kappa shape index (κ2) is 11.1. The zero-order valence-electron chi connectivity index (χ0n) is 14.1. The standard InChI is InChI=1S/C13H29N5S2.BrH/c1-7-17(8-2)10-9-11-18(16(5)6)13-14-12(15(3)4)19-20-13;/h13H,7-11H2,1-6H3;1H. The van der Waals surface area contributed by atoms with E-state index in [1.807, 2.05) is 10.8 Å². The lowest BCUT2D eigenvalue weighted by Gasteiger charge is -2.32. The summed E-state index contributed by atoms with van der Waals surface area (Å²) in [5, 5.41) is 5.62. The molecule has 0 aromatic heterocycles. The number of halogens is 1. The summed E-state index contributed by atoms with van der Waals surface area (Å²) in [6, 6.07) is 0. The van der Waals surface area contributed by atoms with Crippen LogP contribution in [0, 0.1) is 0 Å². The molecule has 0 radical (unpaired) electrons. The Morgan fingerprint density at radius 3 is 2.10 bits per heavy atom. The number of aliphatic imine (C=N–C) groups is 1. The average Bonchev–Trinajstić information content (AvgIpc) is 2.88. The molecule has 1 aliphatic rings. The first-order valence-corrected chi connectivity index (χ1v) is 9.45. The third-order valence-electron chi connectivity index (χ3n) is 3.34. The Balaban J connectivity index is 0.00000400. The molecular weight excluding hydrogens is 370 g/mol. The molecule has 0 aromatic carbocycles. The fraction of sp³-hybridized carbons (Fsp3) is 0.923. The van der Waals surface area contributed by atoms with Crippen molar-refractivity contribution in [3.8, 4) is 0 Å². The van der Waals surface area contributed by atoms with Crippen molar-refractivity contribution in [1.29, 1.82) is 0 Å². The number of hydrogen-bond donors (Lipinski definition) is 0. The van der Waals surface area contributed by atoms with Gasteiger partial charge in [-0.25, -0.2) is 15.0 Å². The molecule has 0 spiro atoms. The van der Waals surface area contributed by atoms with E-state index in [2.05, 4.69) is 61.9 Å². The van der Waals surface area contributed by atoms with E-state index in [1.54, 1.807) is 10.8 Å². The van der Waals surface area contributed by atoms with Gasteiger partial charge in [0.25, 0.3) is 0 Å². The first kappa shape index (κ1) is 21.5. The molecule has 0 bridgehead atoms. The summed E-state index contributed by atoms with van der Waals surface area (Å²) in [6.07, 6.45) is 1.18.